The number of fused-ring (bicyclic) bond motifs is 1. The Hall–Kier alpha value is -1.35. The summed E-state index contributed by atoms with van der Waals surface area (Å²) < 4.78 is 0.841. The Morgan fingerprint density at radius 1 is 1.31 bits per heavy atom. The molecule has 0 fully saturated rings. The zero-order valence-corrected chi connectivity index (χ0v) is 10.4. The molecule has 0 saturated heterocycles. The number of phenolic OH excluding ortho intramolecular Hbond substituents is 1. The molecule has 0 unspecified atom stereocenters. The van der Waals surface area contributed by atoms with Crippen molar-refractivity contribution < 1.29 is 9.90 Å². The van der Waals surface area contributed by atoms with Crippen LogP contribution in [0.4, 0.5) is 0 Å². The maximum atomic E-state index is 11.0. The van der Waals surface area contributed by atoms with Gasteiger partial charge in [-0.05, 0) is 41.5 Å². The topological polar surface area (TPSA) is 37.3 Å². The van der Waals surface area contributed by atoms with Crippen LogP contribution in [0.3, 0.4) is 0 Å². The van der Waals surface area contributed by atoms with E-state index in [0.717, 1.165) is 20.8 Å². The summed E-state index contributed by atoms with van der Waals surface area (Å²) in [6.07, 6.45) is 0.448. The van der Waals surface area contributed by atoms with Crippen molar-refractivity contribution in [3.63, 3.8) is 0 Å². The molecule has 0 heterocycles. The first-order valence-electron chi connectivity index (χ1n) is 4.97. The van der Waals surface area contributed by atoms with Crippen LogP contribution in [0.5, 0.6) is 5.75 Å². The molecule has 0 aliphatic rings. The van der Waals surface area contributed by atoms with Gasteiger partial charge in [-0.1, -0.05) is 28.1 Å². The van der Waals surface area contributed by atoms with Crippen LogP contribution in [-0.2, 0) is 11.2 Å². The molecule has 1 N–H and O–H groups in total. The summed E-state index contributed by atoms with van der Waals surface area (Å²) >= 11 is 3.40. The molecule has 2 aromatic carbocycles. The number of carbonyl (C=O) groups is 1. The van der Waals surface area contributed by atoms with Gasteiger partial charge in [-0.3, -0.25) is 4.79 Å². The van der Waals surface area contributed by atoms with Gasteiger partial charge in [0.2, 0.25) is 0 Å². The second-order valence-electron chi connectivity index (χ2n) is 3.86. The van der Waals surface area contributed by atoms with Gasteiger partial charge >= 0.3 is 0 Å². The number of halogens is 1. The van der Waals surface area contributed by atoms with Crippen LogP contribution in [0.15, 0.2) is 34.8 Å². The van der Waals surface area contributed by atoms with Crippen molar-refractivity contribution >= 4 is 32.5 Å². The normalized spacial score (nSPS) is 10.6. The van der Waals surface area contributed by atoms with E-state index in [1.807, 2.05) is 18.2 Å². The van der Waals surface area contributed by atoms with E-state index in [4.69, 9.17) is 0 Å². The van der Waals surface area contributed by atoms with Crippen molar-refractivity contribution in [2.24, 2.45) is 0 Å². The molecule has 0 saturated carbocycles. The molecule has 0 aliphatic heterocycles. The highest BCUT2D eigenvalue weighted by molar-refractivity contribution is 9.10. The van der Waals surface area contributed by atoms with Gasteiger partial charge in [0.25, 0.3) is 0 Å². The molecular weight excluding hydrogens is 268 g/mol. The molecule has 2 rings (SSSR count). The Kier molecular flexibility index (Phi) is 2.97. The smallest absolute Gasteiger partial charge is 0.134 e. The van der Waals surface area contributed by atoms with Crippen LogP contribution < -0.4 is 0 Å². The molecule has 0 bridgehead atoms. The molecule has 0 spiro atoms. The summed E-state index contributed by atoms with van der Waals surface area (Å²) in [4.78, 5) is 11.0. The molecule has 0 amide bonds. The number of ketones is 1. The predicted molar refractivity (Wildman–Crippen MR) is 67.7 cm³/mol. The van der Waals surface area contributed by atoms with Gasteiger partial charge in [-0.2, -0.15) is 0 Å². The maximum absolute atomic E-state index is 11.0. The summed E-state index contributed by atoms with van der Waals surface area (Å²) in [5.41, 5.74) is 0.992. The number of phenols is 1. The average molecular weight is 279 g/mol. The summed E-state index contributed by atoms with van der Waals surface area (Å²) in [5.74, 6) is 0.382. The van der Waals surface area contributed by atoms with E-state index < -0.39 is 0 Å². The quantitative estimate of drug-likeness (QED) is 0.914. The van der Waals surface area contributed by atoms with E-state index in [9.17, 15) is 9.90 Å². The van der Waals surface area contributed by atoms with E-state index in [1.54, 1.807) is 19.1 Å². The van der Waals surface area contributed by atoms with Gasteiger partial charge in [0.1, 0.15) is 11.5 Å². The molecular formula is C13H11BrO2. The number of carbonyl (C=O) groups excluding carboxylic acids is 1. The van der Waals surface area contributed by atoms with Gasteiger partial charge in [-0.15, -0.1) is 0 Å². The number of hydrogen-bond donors (Lipinski definition) is 1. The van der Waals surface area contributed by atoms with Crippen LogP contribution in [0, 0.1) is 0 Å². The lowest BCUT2D eigenvalue weighted by atomic mass is 10.0. The summed E-state index contributed by atoms with van der Waals surface area (Å²) in [6, 6.07) is 9.16. The van der Waals surface area contributed by atoms with Gasteiger partial charge < -0.3 is 5.11 Å². The zero-order chi connectivity index (χ0) is 11.7. The highest BCUT2D eigenvalue weighted by Gasteiger charge is 2.04. The second kappa shape index (κ2) is 4.26. The molecule has 16 heavy (non-hydrogen) atoms. The predicted octanol–water partition coefficient (Wildman–Crippen LogP) is 3.44. The van der Waals surface area contributed by atoms with Crippen molar-refractivity contribution in [1.82, 2.24) is 0 Å². The van der Waals surface area contributed by atoms with E-state index in [-0.39, 0.29) is 11.5 Å². The number of hydrogen-bond acceptors (Lipinski definition) is 2. The summed E-state index contributed by atoms with van der Waals surface area (Å²) in [6.45, 7) is 1.58. The van der Waals surface area contributed by atoms with Crippen LogP contribution in [0.25, 0.3) is 10.8 Å². The summed E-state index contributed by atoms with van der Waals surface area (Å²) in [5, 5.41) is 11.4. The van der Waals surface area contributed by atoms with Crippen LogP contribution >= 0.6 is 15.9 Å². The summed E-state index contributed by atoms with van der Waals surface area (Å²) in [7, 11) is 0. The van der Waals surface area contributed by atoms with Crippen molar-refractivity contribution in [3.8, 4) is 5.75 Å². The van der Waals surface area contributed by atoms with Gasteiger partial charge in [0, 0.05) is 10.9 Å². The molecule has 82 valence electrons. The van der Waals surface area contributed by atoms with Gasteiger partial charge in [0.15, 0.2) is 0 Å². The number of rotatable bonds is 2. The lowest BCUT2D eigenvalue weighted by Gasteiger charge is -2.05. The molecule has 0 atom stereocenters. The minimum Gasteiger partial charge on any atom is -0.508 e. The Bertz CT molecular complexity index is 561. The standard InChI is InChI=1S/C13H11BrO2/c1-8(15)4-9-2-3-10-6-11(16)7-13(14)12(10)5-9/h2-3,5-7,16H,4H2,1H3. The van der Waals surface area contributed by atoms with Crippen molar-refractivity contribution in [2.45, 2.75) is 13.3 Å². The fourth-order valence-corrected chi connectivity index (χ4v) is 2.32. The molecule has 0 aromatic heterocycles. The highest BCUT2D eigenvalue weighted by atomic mass is 79.9. The average Bonchev–Trinajstić information content (AvgIpc) is 2.18. The fraction of sp³-hybridized carbons (Fsp3) is 0.154. The molecule has 0 radical (unpaired) electrons. The lowest BCUT2D eigenvalue weighted by molar-refractivity contribution is -0.116. The fourth-order valence-electron chi connectivity index (χ4n) is 1.74. The monoisotopic (exact) mass is 278 g/mol. The van der Waals surface area contributed by atoms with Gasteiger partial charge in [-0.25, -0.2) is 0 Å². The number of benzene rings is 2. The van der Waals surface area contributed by atoms with Crippen LogP contribution in [0.1, 0.15) is 12.5 Å². The Morgan fingerprint density at radius 2 is 2.06 bits per heavy atom. The first kappa shape index (κ1) is 11.1. The Labute approximate surface area is 102 Å². The number of aromatic hydroxyl groups is 1. The first-order chi connectivity index (χ1) is 7.56. The van der Waals surface area contributed by atoms with Crippen molar-refractivity contribution in [2.75, 3.05) is 0 Å². The second-order valence-corrected chi connectivity index (χ2v) is 4.72. The largest absolute Gasteiger partial charge is 0.508 e. The molecule has 0 aliphatic carbocycles. The van der Waals surface area contributed by atoms with Crippen LogP contribution in [-0.4, -0.2) is 10.9 Å². The van der Waals surface area contributed by atoms with Crippen molar-refractivity contribution in [1.29, 1.82) is 0 Å². The minimum absolute atomic E-state index is 0.147. The SMILES string of the molecule is CC(=O)Cc1ccc2cc(O)cc(Br)c2c1. The maximum Gasteiger partial charge on any atom is 0.134 e. The Balaban J connectivity index is 2.57. The highest BCUT2D eigenvalue weighted by Crippen LogP contribution is 2.29. The first-order valence-corrected chi connectivity index (χ1v) is 5.76. The van der Waals surface area contributed by atoms with E-state index >= 15 is 0 Å². The third-order valence-electron chi connectivity index (χ3n) is 2.41. The molecule has 2 nitrogen and oxygen atoms in total. The van der Waals surface area contributed by atoms with E-state index in [2.05, 4.69) is 15.9 Å². The van der Waals surface area contributed by atoms with E-state index in [0.29, 0.717) is 6.42 Å². The zero-order valence-electron chi connectivity index (χ0n) is 8.83. The van der Waals surface area contributed by atoms with E-state index in [1.165, 1.54) is 0 Å². The number of Topliss-reactive ketones (excluding diaryl/α,β-unsaturated/α-hetero) is 1. The third-order valence-corrected chi connectivity index (χ3v) is 3.06. The van der Waals surface area contributed by atoms with Crippen LogP contribution in [0.2, 0.25) is 0 Å². The van der Waals surface area contributed by atoms with Gasteiger partial charge in [0.05, 0.1) is 0 Å². The third kappa shape index (κ3) is 2.25. The van der Waals surface area contributed by atoms with Crippen molar-refractivity contribution in [3.05, 3.63) is 40.4 Å². The Morgan fingerprint density at radius 3 is 2.75 bits per heavy atom. The minimum atomic E-state index is 0.147. The molecule has 2 aromatic rings. The molecule has 3 heteroatoms. The lowest BCUT2D eigenvalue weighted by Crippen LogP contribution is -1.95.